The molecule has 1 saturated heterocycles. The van der Waals surface area contributed by atoms with Crippen molar-refractivity contribution in [3.63, 3.8) is 0 Å². The highest BCUT2D eigenvalue weighted by Crippen LogP contribution is 2.21. The summed E-state index contributed by atoms with van der Waals surface area (Å²) >= 11 is 0. The van der Waals surface area contributed by atoms with Crippen molar-refractivity contribution in [2.45, 2.75) is 6.54 Å². The van der Waals surface area contributed by atoms with Crippen LogP contribution in [0.2, 0.25) is 0 Å². The Hall–Kier alpha value is -2.99. The Balaban J connectivity index is 1.44. The summed E-state index contributed by atoms with van der Waals surface area (Å²) in [5.41, 5.74) is 6.86. The molecule has 6 heteroatoms. The summed E-state index contributed by atoms with van der Waals surface area (Å²) < 4.78 is 0. The summed E-state index contributed by atoms with van der Waals surface area (Å²) in [4.78, 5) is 24.3. The first-order valence-corrected chi connectivity index (χ1v) is 8.76. The van der Waals surface area contributed by atoms with Crippen molar-refractivity contribution in [3.8, 4) is 0 Å². The lowest BCUT2D eigenvalue weighted by molar-refractivity contribution is 0.0995. The van der Waals surface area contributed by atoms with E-state index < -0.39 is 5.91 Å². The number of piperazine rings is 1. The number of nitrogens with zero attached hydrogens (tertiary/aromatic N) is 4. The Morgan fingerprint density at radius 2 is 1.77 bits per heavy atom. The van der Waals surface area contributed by atoms with Crippen molar-refractivity contribution in [2.24, 2.45) is 5.73 Å². The van der Waals surface area contributed by atoms with Gasteiger partial charge in [0.2, 0.25) is 0 Å². The van der Waals surface area contributed by atoms with Crippen molar-refractivity contribution in [3.05, 3.63) is 66.1 Å². The monoisotopic (exact) mass is 347 g/mol. The third kappa shape index (κ3) is 3.36. The number of carbonyl (C=O) groups excluding carboxylic acids is 1. The van der Waals surface area contributed by atoms with Crippen LogP contribution in [-0.4, -0.2) is 47.0 Å². The number of benzene rings is 2. The van der Waals surface area contributed by atoms with Crippen LogP contribution in [0, 0.1) is 0 Å². The van der Waals surface area contributed by atoms with Crippen LogP contribution in [0.25, 0.3) is 10.8 Å². The molecule has 0 bridgehead atoms. The van der Waals surface area contributed by atoms with Gasteiger partial charge in [-0.2, -0.15) is 0 Å². The van der Waals surface area contributed by atoms with Gasteiger partial charge in [-0.1, -0.05) is 42.5 Å². The molecule has 6 nitrogen and oxygen atoms in total. The van der Waals surface area contributed by atoms with E-state index in [1.165, 1.54) is 22.5 Å². The molecule has 0 unspecified atom stereocenters. The summed E-state index contributed by atoms with van der Waals surface area (Å²) in [6.45, 7) is 4.50. The van der Waals surface area contributed by atoms with E-state index in [1.807, 2.05) is 0 Å². The zero-order valence-electron chi connectivity index (χ0n) is 14.5. The molecule has 1 aromatic heterocycles. The maximum Gasteiger partial charge on any atom is 0.268 e. The molecule has 0 spiro atoms. The van der Waals surface area contributed by atoms with Crippen molar-refractivity contribution in [1.29, 1.82) is 0 Å². The molecule has 1 aliphatic rings. The van der Waals surface area contributed by atoms with Gasteiger partial charge in [0.25, 0.3) is 5.91 Å². The van der Waals surface area contributed by atoms with Gasteiger partial charge in [0, 0.05) is 32.7 Å². The zero-order valence-corrected chi connectivity index (χ0v) is 14.5. The van der Waals surface area contributed by atoms with Crippen LogP contribution in [0.5, 0.6) is 0 Å². The average molecular weight is 347 g/mol. The highest BCUT2D eigenvalue weighted by molar-refractivity contribution is 5.90. The van der Waals surface area contributed by atoms with E-state index in [0.717, 1.165) is 32.7 Å². The van der Waals surface area contributed by atoms with Gasteiger partial charge < -0.3 is 10.6 Å². The molecular formula is C20H21N5O. The smallest absolute Gasteiger partial charge is 0.268 e. The Bertz CT molecular complexity index is 929. The summed E-state index contributed by atoms with van der Waals surface area (Å²) in [5, 5.41) is 2.60. The lowest BCUT2D eigenvalue weighted by Gasteiger charge is -2.35. The van der Waals surface area contributed by atoms with Crippen LogP contribution >= 0.6 is 0 Å². The van der Waals surface area contributed by atoms with Crippen molar-refractivity contribution >= 4 is 22.5 Å². The highest BCUT2D eigenvalue weighted by atomic mass is 16.1. The number of amides is 1. The molecule has 3 aromatic rings. The second-order valence-corrected chi connectivity index (χ2v) is 6.53. The fourth-order valence-corrected chi connectivity index (χ4v) is 3.43. The quantitative estimate of drug-likeness (QED) is 0.782. The number of aromatic nitrogens is 2. The first-order chi connectivity index (χ1) is 12.7. The predicted octanol–water partition coefficient (Wildman–Crippen LogP) is 2.05. The molecule has 0 saturated carbocycles. The van der Waals surface area contributed by atoms with Crippen molar-refractivity contribution in [1.82, 2.24) is 14.9 Å². The van der Waals surface area contributed by atoms with Gasteiger partial charge in [0.15, 0.2) is 0 Å². The number of nitrogens with two attached hydrogens (primary N) is 1. The third-order valence-corrected chi connectivity index (χ3v) is 4.84. The first kappa shape index (κ1) is 16.5. The second kappa shape index (κ2) is 7.09. The maximum atomic E-state index is 11.3. The van der Waals surface area contributed by atoms with E-state index in [1.54, 1.807) is 6.20 Å². The number of primary amides is 1. The van der Waals surface area contributed by atoms with Crippen molar-refractivity contribution < 1.29 is 4.79 Å². The lowest BCUT2D eigenvalue weighted by Crippen LogP contribution is -2.46. The largest absolute Gasteiger partial charge is 0.364 e. The Morgan fingerprint density at radius 1 is 1.00 bits per heavy atom. The molecule has 0 atom stereocenters. The maximum absolute atomic E-state index is 11.3. The second-order valence-electron chi connectivity index (χ2n) is 6.53. The lowest BCUT2D eigenvalue weighted by atomic mass is 10.0. The minimum Gasteiger partial charge on any atom is -0.364 e. The number of rotatable bonds is 4. The standard InChI is InChI=1S/C20H21N5O/c21-20(26)18-12-22-13-19(23-18)25-10-8-24(9-11-25)14-16-6-3-5-15-4-1-2-7-17(15)16/h1-7,12-13H,8-11,14H2,(H2,21,26). The zero-order chi connectivity index (χ0) is 17.9. The topological polar surface area (TPSA) is 75.4 Å². The van der Waals surface area contributed by atoms with E-state index >= 15 is 0 Å². The number of hydrogen-bond donors (Lipinski definition) is 1. The van der Waals surface area contributed by atoms with Crippen LogP contribution < -0.4 is 10.6 Å². The Labute approximate surface area is 152 Å². The van der Waals surface area contributed by atoms with Gasteiger partial charge >= 0.3 is 0 Å². The molecule has 0 radical (unpaired) electrons. The molecule has 1 fully saturated rings. The number of carbonyl (C=O) groups is 1. The normalized spacial score (nSPS) is 15.3. The fourth-order valence-electron chi connectivity index (χ4n) is 3.43. The Morgan fingerprint density at radius 3 is 2.58 bits per heavy atom. The molecule has 26 heavy (non-hydrogen) atoms. The molecule has 132 valence electrons. The van der Waals surface area contributed by atoms with Gasteiger partial charge in [-0.05, 0) is 16.3 Å². The summed E-state index contributed by atoms with van der Waals surface area (Å²) in [7, 11) is 0. The molecule has 2 heterocycles. The summed E-state index contributed by atoms with van der Waals surface area (Å²) in [6, 6.07) is 15.0. The van der Waals surface area contributed by atoms with Gasteiger partial charge in [-0.15, -0.1) is 0 Å². The Kier molecular flexibility index (Phi) is 4.50. The minimum absolute atomic E-state index is 0.209. The van der Waals surface area contributed by atoms with E-state index in [9.17, 15) is 4.79 Å². The van der Waals surface area contributed by atoms with Gasteiger partial charge in [0.05, 0.1) is 12.4 Å². The molecule has 4 rings (SSSR count). The van der Waals surface area contributed by atoms with E-state index in [4.69, 9.17) is 5.73 Å². The van der Waals surface area contributed by atoms with E-state index in [2.05, 4.69) is 62.2 Å². The third-order valence-electron chi connectivity index (χ3n) is 4.84. The predicted molar refractivity (Wildman–Crippen MR) is 102 cm³/mol. The van der Waals surface area contributed by atoms with E-state index in [0.29, 0.717) is 5.82 Å². The van der Waals surface area contributed by atoms with E-state index in [-0.39, 0.29) is 5.69 Å². The van der Waals surface area contributed by atoms with Gasteiger partial charge in [0.1, 0.15) is 11.5 Å². The highest BCUT2D eigenvalue weighted by Gasteiger charge is 2.19. The molecule has 1 amide bonds. The van der Waals surface area contributed by atoms with Crippen LogP contribution in [0.3, 0.4) is 0 Å². The number of fused-ring (bicyclic) bond motifs is 1. The summed E-state index contributed by atoms with van der Waals surface area (Å²) in [6.07, 6.45) is 3.09. The molecule has 2 aromatic carbocycles. The van der Waals surface area contributed by atoms with Crippen molar-refractivity contribution in [2.75, 3.05) is 31.1 Å². The summed E-state index contributed by atoms with van der Waals surface area (Å²) in [5.74, 6) is 0.167. The van der Waals surface area contributed by atoms with Crippen LogP contribution in [0.1, 0.15) is 16.1 Å². The fraction of sp³-hybridized carbons (Fsp3) is 0.250. The molecular weight excluding hydrogens is 326 g/mol. The molecule has 1 aliphatic heterocycles. The van der Waals surface area contributed by atoms with Crippen LogP contribution in [0.15, 0.2) is 54.9 Å². The molecule has 0 aliphatic carbocycles. The van der Waals surface area contributed by atoms with Gasteiger partial charge in [-0.25, -0.2) is 4.98 Å². The average Bonchev–Trinajstić information content (AvgIpc) is 2.69. The first-order valence-electron chi connectivity index (χ1n) is 8.76. The molecule has 2 N–H and O–H groups in total. The van der Waals surface area contributed by atoms with Gasteiger partial charge in [-0.3, -0.25) is 14.7 Å². The number of anilines is 1. The van der Waals surface area contributed by atoms with Crippen LogP contribution in [-0.2, 0) is 6.54 Å². The minimum atomic E-state index is -0.547. The number of hydrogen-bond acceptors (Lipinski definition) is 5. The van der Waals surface area contributed by atoms with Crippen LogP contribution in [0.4, 0.5) is 5.82 Å². The SMILES string of the molecule is NC(=O)c1cncc(N2CCN(Cc3cccc4ccccc34)CC2)n1.